The van der Waals surface area contributed by atoms with Crippen LogP contribution in [0.15, 0.2) is 18.2 Å². The van der Waals surface area contributed by atoms with E-state index in [2.05, 4.69) is 5.32 Å². The highest BCUT2D eigenvalue weighted by Gasteiger charge is 2.23. The second-order valence-electron chi connectivity index (χ2n) is 3.99. The van der Waals surface area contributed by atoms with Gasteiger partial charge in [0.25, 0.3) is 5.91 Å². The molecule has 7 heteroatoms. The Balaban J connectivity index is 2.90. The van der Waals surface area contributed by atoms with Gasteiger partial charge in [0.2, 0.25) is 5.91 Å². The van der Waals surface area contributed by atoms with Crippen molar-refractivity contribution in [2.24, 2.45) is 5.73 Å². The number of aryl methyl sites for hydroxylation is 1. The van der Waals surface area contributed by atoms with E-state index in [9.17, 15) is 18.8 Å². The summed E-state index contributed by atoms with van der Waals surface area (Å²) in [6.45, 7) is 1.58. The van der Waals surface area contributed by atoms with Crippen molar-refractivity contribution in [2.45, 2.75) is 19.4 Å². The molecule has 0 aromatic heterocycles. The zero-order valence-electron chi connectivity index (χ0n) is 10.1. The monoisotopic (exact) mass is 268 g/mol. The lowest BCUT2D eigenvalue weighted by atomic mass is 10.1. The highest BCUT2D eigenvalue weighted by molar-refractivity contribution is 5.98. The van der Waals surface area contributed by atoms with Crippen LogP contribution in [-0.4, -0.2) is 28.9 Å². The number of benzene rings is 1. The molecule has 0 unspecified atom stereocenters. The molecule has 0 radical (unpaired) electrons. The predicted octanol–water partition coefficient (Wildman–Crippen LogP) is 0.193. The third-order valence-electron chi connectivity index (χ3n) is 2.45. The van der Waals surface area contributed by atoms with E-state index >= 15 is 0 Å². The highest BCUT2D eigenvalue weighted by atomic mass is 19.1. The van der Waals surface area contributed by atoms with Crippen molar-refractivity contribution in [3.05, 3.63) is 35.1 Å². The number of aliphatic carboxylic acids is 1. The van der Waals surface area contributed by atoms with Crippen molar-refractivity contribution < 1.29 is 23.9 Å². The normalized spacial score (nSPS) is 11.7. The highest BCUT2D eigenvalue weighted by Crippen LogP contribution is 2.10. The van der Waals surface area contributed by atoms with Crippen LogP contribution >= 0.6 is 0 Å². The second-order valence-corrected chi connectivity index (χ2v) is 3.99. The lowest BCUT2D eigenvalue weighted by Crippen LogP contribution is -2.43. The Hall–Kier alpha value is -2.44. The summed E-state index contributed by atoms with van der Waals surface area (Å²) in [5.41, 5.74) is 5.38. The van der Waals surface area contributed by atoms with E-state index in [1.165, 1.54) is 12.1 Å². The number of nitrogens with two attached hydrogens (primary N) is 1. The molecule has 102 valence electrons. The predicted molar refractivity (Wildman–Crippen MR) is 63.8 cm³/mol. The Labute approximate surface area is 108 Å². The van der Waals surface area contributed by atoms with E-state index in [0.29, 0.717) is 5.56 Å². The molecule has 0 aliphatic carbocycles. The quantitative estimate of drug-likeness (QED) is 0.708. The van der Waals surface area contributed by atoms with Gasteiger partial charge in [0, 0.05) is 5.56 Å². The number of carbonyl (C=O) groups is 3. The largest absolute Gasteiger partial charge is 0.480 e. The number of halogens is 1. The molecule has 0 heterocycles. The lowest BCUT2D eigenvalue weighted by molar-refractivity contribution is -0.140. The average molecular weight is 268 g/mol. The summed E-state index contributed by atoms with van der Waals surface area (Å²) in [7, 11) is 0. The summed E-state index contributed by atoms with van der Waals surface area (Å²) in [6, 6.07) is 2.14. The Morgan fingerprint density at radius 1 is 1.42 bits per heavy atom. The van der Waals surface area contributed by atoms with Gasteiger partial charge in [-0.25, -0.2) is 9.18 Å². The van der Waals surface area contributed by atoms with Crippen LogP contribution in [0.5, 0.6) is 0 Å². The molecule has 1 aromatic carbocycles. The van der Waals surface area contributed by atoms with Crippen molar-refractivity contribution in [3.63, 3.8) is 0 Å². The number of hydrogen-bond acceptors (Lipinski definition) is 3. The minimum atomic E-state index is -1.44. The standard InChI is InChI=1S/C12H13FN2O4/c1-6-2-3-7(13)4-8(6)11(17)15-9(12(18)19)5-10(14)16/h2-4,9H,5H2,1H3,(H2,14,16)(H,15,17)(H,18,19)/t9-/m1/s1. The van der Waals surface area contributed by atoms with Gasteiger partial charge in [-0.15, -0.1) is 0 Å². The molecule has 4 N–H and O–H groups in total. The first-order chi connectivity index (χ1) is 8.81. The molecule has 0 saturated carbocycles. The Bertz CT molecular complexity index is 530. The number of rotatable bonds is 5. The van der Waals surface area contributed by atoms with Crippen LogP contribution in [0.3, 0.4) is 0 Å². The Kier molecular flexibility index (Phi) is 4.57. The fraction of sp³-hybridized carbons (Fsp3) is 0.250. The fourth-order valence-electron chi connectivity index (χ4n) is 1.48. The maximum atomic E-state index is 13.0. The van der Waals surface area contributed by atoms with Crippen LogP contribution in [0.4, 0.5) is 4.39 Å². The van der Waals surface area contributed by atoms with Crippen LogP contribution in [0, 0.1) is 12.7 Å². The van der Waals surface area contributed by atoms with Crippen molar-refractivity contribution >= 4 is 17.8 Å². The van der Waals surface area contributed by atoms with Crippen LogP contribution in [-0.2, 0) is 9.59 Å². The van der Waals surface area contributed by atoms with Crippen LogP contribution in [0.25, 0.3) is 0 Å². The lowest BCUT2D eigenvalue weighted by Gasteiger charge is -2.13. The van der Waals surface area contributed by atoms with E-state index in [1.807, 2.05) is 0 Å². The summed E-state index contributed by atoms with van der Waals surface area (Å²) < 4.78 is 13.0. The molecule has 0 spiro atoms. The molecule has 0 saturated heterocycles. The van der Waals surface area contributed by atoms with Crippen molar-refractivity contribution in [1.29, 1.82) is 0 Å². The minimum Gasteiger partial charge on any atom is -0.480 e. The van der Waals surface area contributed by atoms with Gasteiger partial charge < -0.3 is 16.2 Å². The van der Waals surface area contributed by atoms with Crippen molar-refractivity contribution in [1.82, 2.24) is 5.32 Å². The van der Waals surface area contributed by atoms with Gasteiger partial charge in [-0.2, -0.15) is 0 Å². The molecular formula is C12H13FN2O4. The van der Waals surface area contributed by atoms with Crippen LogP contribution < -0.4 is 11.1 Å². The molecule has 0 fully saturated rings. The minimum absolute atomic E-state index is 0.00993. The van der Waals surface area contributed by atoms with Crippen LogP contribution in [0.2, 0.25) is 0 Å². The van der Waals surface area contributed by atoms with E-state index in [0.717, 1.165) is 6.07 Å². The number of nitrogens with one attached hydrogen (secondary N) is 1. The summed E-state index contributed by atoms with van der Waals surface area (Å²) in [6.07, 6.45) is -0.532. The van der Waals surface area contributed by atoms with Gasteiger partial charge in [0.15, 0.2) is 0 Å². The average Bonchev–Trinajstić information content (AvgIpc) is 2.30. The molecule has 1 atom stereocenters. The summed E-state index contributed by atoms with van der Waals surface area (Å²) in [5.74, 6) is -3.63. The van der Waals surface area contributed by atoms with E-state index in [4.69, 9.17) is 10.8 Å². The van der Waals surface area contributed by atoms with Crippen LogP contribution in [0.1, 0.15) is 22.3 Å². The molecule has 0 aliphatic heterocycles. The summed E-state index contributed by atoms with van der Waals surface area (Å²) in [5, 5.41) is 11.0. The topological polar surface area (TPSA) is 109 Å². The second kappa shape index (κ2) is 5.94. The van der Waals surface area contributed by atoms with Gasteiger partial charge in [-0.1, -0.05) is 6.07 Å². The summed E-state index contributed by atoms with van der Waals surface area (Å²) >= 11 is 0. The Morgan fingerprint density at radius 3 is 2.58 bits per heavy atom. The van der Waals surface area contributed by atoms with Gasteiger partial charge >= 0.3 is 5.97 Å². The van der Waals surface area contributed by atoms with Crippen molar-refractivity contribution in [3.8, 4) is 0 Å². The smallest absolute Gasteiger partial charge is 0.326 e. The molecule has 2 amide bonds. The maximum Gasteiger partial charge on any atom is 0.326 e. The number of primary amides is 1. The number of carboxylic acid groups (broad SMARTS) is 1. The fourth-order valence-corrected chi connectivity index (χ4v) is 1.48. The SMILES string of the molecule is Cc1ccc(F)cc1C(=O)N[C@H](CC(N)=O)C(=O)O. The zero-order chi connectivity index (χ0) is 14.6. The Morgan fingerprint density at radius 2 is 2.05 bits per heavy atom. The number of carbonyl (C=O) groups excluding carboxylic acids is 2. The van der Waals surface area contributed by atoms with Gasteiger partial charge in [-0.3, -0.25) is 9.59 Å². The third-order valence-corrected chi connectivity index (χ3v) is 2.45. The number of amides is 2. The molecule has 1 aromatic rings. The number of hydrogen-bond donors (Lipinski definition) is 3. The van der Waals surface area contributed by atoms with Gasteiger partial charge in [0.05, 0.1) is 6.42 Å². The molecule has 19 heavy (non-hydrogen) atoms. The molecular weight excluding hydrogens is 255 g/mol. The first-order valence-corrected chi connectivity index (χ1v) is 5.39. The van der Waals surface area contributed by atoms with E-state index in [-0.39, 0.29) is 5.56 Å². The number of carboxylic acids is 1. The van der Waals surface area contributed by atoms with Crippen molar-refractivity contribution in [2.75, 3.05) is 0 Å². The van der Waals surface area contributed by atoms with Gasteiger partial charge in [0.1, 0.15) is 11.9 Å². The van der Waals surface area contributed by atoms with E-state index in [1.54, 1.807) is 6.92 Å². The first kappa shape index (κ1) is 14.6. The van der Waals surface area contributed by atoms with E-state index < -0.39 is 36.1 Å². The molecule has 6 nitrogen and oxygen atoms in total. The summed E-state index contributed by atoms with van der Waals surface area (Å²) in [4.78, 5) is 33.4. The van der Waals surface area contributed by atoms with Gasteiger partial charge in [-0.05, 0) is 24.6 Å². The molecule has 1 rings (SSSR count). The third kappa shape index (κ3) is 4.06. The maximum absolute atomic E-state index is 13.0. The molecule has 0 bridgehead atoms. The zero-order valence-corrected chi connectivity index (χ0v) is 10.1. The molecule has 0 aliphatic rings. The first-order valence-electron chi connectivity index (χ1n) is 5.39.